The molecular weight excluding hydrogens is 420 g/mol. The van der Waals surface area contributed by atoms with E-state index in [9.17, 15) is 9.59 Å². The zero-order chi connectivity index (χ0) is 21.1. The molecule has 3 aromatic rings. The van der Waals surface area contributed by atoms with Crippen LogP contribution >= 0.6 is 23.1 Å². The molecule has 4 rings (SSSR count). The lowest BCUT2D eigenvalue weighted by atomic mass is 9.97. The van der Waals surface area contributed by atoms with Gasteiger partial charge in [0.25, 0.3) is 5.56 Å². The van der Waals surface area contributed by atoms with Crippen molar-refractivity contribution in [3.63, 3.8) is 0 Å². The van der Waals surface area contributed by atoms with E-state index >= 15 is 0 Å². The number of furan rings is 1. The van der Waals surface area contributed by atoms with E-state index in [1.54, 1.807) is 17.6 Å². The average Bonchev–Trinajstić information content (AvgIpc) is 3.35. The van der Waals surface area contributed by atoms with Gasteiger partial charge in [0.2, 0.25) is 5.91 Å². The van der Waals surface area contributed by atoms with E-state index < -0.39 is 0 Å². The third-order valence-corrected chi connectivity index (χ3v) is 7.46. The topological polar surface area (TPSA) is 91.2 Å². The summed E-state index contributed by atoms with van der Waals surface area (Å²) in [5.41, 5.74) is 1.15. The molecule has 0 aliphatic heterocycles. The normalized spacial score (nSPS) is 14.8. The summed E-state index contributed by atoms with van der Waals surface area (Å²) in [7, 11) is 3.91. The van der Waals surface area contributed by atoms with Gasteiger partial charge in [-0.2, -0.15) is 0 Å². The third kappa shape index (κ3) is 4.63. The minimum Gasteiger partial charge on any atom is -0.468 e. The number of aromatic amines is 1. The first-order valence-electron chi connectivity index (χ1n) is 10.1. The van der Waals surface area contributed by atoms with Gasteiger partial charge in [-0.3, -0.25) is 14.5 Å². The molecule has 9 heteroatoms. The van der Waals surface area contributed by atoms with Crippen molar-refractivity contribution in [1.82, 2.24) is 20.2 Å². The van der Waals surface area contributed by atoms with Gasteiger partial charge >= 0.3 is 0 Å². The van der Waals surface area contributed by atoms with Crippen LogP contribution in [0, 0.1) is 0 Å². The Hall–Kier alpha value is -2.10. The number of carbonyl (C=O) groups is 1. The third-order valence-electron chi connectivity index (χ3n) is 5.33. The van der Waals surface area contributed by atoms with E-state index in [4.69, 9.17) is 4.42 Å². The Morgan fingerprint density at radius 3 is 3.00 bits per heavy atom. The first-order valence-corrected chi connectivity index (χ1v) is 12.1. The Morgan fingerprint density at radius 1 is 1.40 bits per heavy atom. The van der Waals surface area contributed by atoms with E-state index in [1.165, 1.54) is 28.6 Å². The lowest BCUT2D eigenvalue weighted by Gasteiger charge is -2.22. The van der Waals surface area contributed by atoms with Gasteiger partial charge in [0.1, 0.15) is 16.4 Å². The number of aryl methyl sites for hydroxylation is 2. The molecule has 0 radical (unpaired) electrons. The number of likely N-dealkylation sites (N-methyl/N-ethyl adjacent to an activating group) is 1. The molecule has 1 amide bonds. The summed E-state index contributed by atoms with van der Waals surface area (Å²) < 4.78 is 5.47. The molecule has 0 aromatic carbocycles. The minimum atomic E-state index is -0.0493. The Bertz CT molecular complexity index is 1070. The van der Waals surface area contributed by atoms with Gasteiger partial charge in [0.15, 0.2) is 0 Å². The number of nitrogens with one attached hydrogen (secondary N) is 2. The molecule has 1 aliphatic rings. The van der Waals surface area contributed by atoms with Gasteiger partial charge in [0.05, 0.1) is 29.2 Å². The Balaban J connectivity index is 1.32. The van der Waals surface area contributed by atoms with Crippen LogP contribution in [0.15, 0.2) is 27.6 Å². The Labute approximate surface area is 183 Å². The number of hydrogen-bond acceptors (Lipinski definition) is 7. The molecule has 1 aliphatic carbocycles. The maximum Gasteiger partial charge on any atom is 0.259 e. The quantitative estimate of drug-likeness (QED) is 0.553. The average molecular weight is 447 g/mol. The molecule has 0 saturated carbocycles. The monoisotopic (exact) mass is 446 g/mol. The van der Waals surface area contributed by atoms with Crippen LogP contribution in [-0.2, 0) is 23.4 Å². The van der Waals surface area contributed by atoms with Crippen LogP contribution in [0.25, 0.3) is 10.2 Å². The van der Waals surface area contributed by atoms with Crippen LogP contribution in [-0.4, -0.2) is 47.2 Å². The number of H-pyrrole nitrogens is 1. The van der Waals surface area contributed by atoms with Crippen molar-refractivity contribution >= 4 is 39.2 Å². The summed E-state index contributed by atoms with van der Waals surface area (Å²) in [5, 5.41) is 3.73. The number of fused-ring (bicyclic) bond motifs is 3. The SMILES string of the molecule is CN(C)C(CNC(=O)CSCc1nc2sc3c(c2c(=O)[nH]1)CCCC3)c1ccco1. The summed E-state index contributed by atoms with van der Waals surface area (Å²) in [4.78, 5) is 36.6. The molecule has 3 aromatic heterocycles. The molecule has 1 unspecified atom stereocenters. The molecular formula is C21H26N4O3S2. The fraction of sp³-hybridized carbons (Fsp3) is 0.476. The minimum absolute atomic E-state index is 0.0146. The Kier molecular flexibility index (Phi) is 6.60. The molecule has 2 N–H and O–H groups in total. The molecule has 3 heterocycles. The van der Waals surface area contributed by atoms with Gasteiger partial charge in [-0.1, -0.05) is 0 Å². The van der Waals surface area contributed by atoms with E-state index in [0.717, 1.165) is 35.2 Å². The van der Waals surface area contributed by atoms with E-state index in [2.05, 4.69) is 15.3 Å². The zero-order valence-electron chi connectivity index (χ0n) is 17.2. The van der Waals surface area contributed by atoms with Gasteiger partial charge in [-0.05, 0) is 57.5 Å². The summed E-state index contributed by atoms with van der Waals surface area (Å²) in [6.07, 6.45) is 5.98. The predicted molar refractivity (Wildman–Crippen MR) is 121 cm³/mol. The van der Waals surface area contributed by atoms with Crippen molar-refractivity contribution in [2.75, 3.05) is 26.4 Å². The fourth-order valence-corrected chi connectivity index (χ4v) is 5.80. The number of amides is 1. The molecule has 0 fully saturated rings. The predicted octanol–water partition coefficient (Wildman–Crippen LogP) is 3.11. The van der Waals surface area contributed by atoms with Gasteiger partial charge in [0, 0.05) is 11.4 Å². The van der Waals surface area contributed by atoms with Gasteiger partial charge < -0.3 is 14.7 Å². The summed E-state index contributed by atoms with van der Waals surface area (Å²) >= 11 is 3.09. The second-order valence-electron chi connectivity index (χ2n) is 7.70. The van der Waals surface area contributed by atoms with Crippen LogP contribution in [0.2, 0.25) is 0 Å². The van der Waals surface area contributed by atoms with Crippen molar-refractivity contribution < 1.29 is 9.21 Å². The van der Waals surface area contributed by atoms with E-state index in [-0.39, 0.29) is 17.5 Å². The van der Waals surface area contributed by atoms with Crippen LogP contribution < -0.4 is 10.9 Å². The van der Waals surface area contributed by atoms with Crippen molar-refractivity contribution in [3.05, 3.63) is 50.8 Å². The number of rotatable bonds is 8. The Morgan fingerprint density at radius 2 is 2.23 bits per heavy atom. The molecule has 0 bridgehead atoms. The van der Waals surface area contributed by atoms with Gasteiger partial charge in [-0.15, -0.1) is 23.1 Å². The first-order chi connectivity index (χ1) is 14.5. The number of aromatic nitrogens is 2. The molecule has 30 heavy (non-hydrogen) atoms. The van der Waals surface area contributed by atoms with Crippen molar-refractivity contribution in [2.24, 2.45) is 0 Å². The molecule has 0 saturated heterocycles. The molecule has 7 nitrogen and oxygen atoms in total. The van der Waals surface area contributed by atoms with Crippen LogP contribution in [0.1, 0.15) is 40.9 Å². The van der Waals surface area contributed by atoms with Crippen molar-refractivity contribution in [3.8, 4) is 0 Å². The van der Waals surface area contributed by atoms with Crippen LogP contribution in [0.4, 0.5) is 0 Å². The highest BCUT2D eigenvalue weighted by molar-refractivity contribution is 7.99. The summed E-state index contributed by atoms with van der Waals surface area (Å²) in [6, 6.07) is 3.74. The summed E-state index contributed by atoms with van der Waals surface area (Å²) in [6.45, 7) is 0.474. The number of thioether (sulfide) groups is 1. The standard InChI is InChI=1S/C21H26N4O3S2/c1-25(2)14(15-7-5-9-28-15)10-22-18(26)12-29-11-17-23-20(27)19-13-6-3-4-8-16(13)30-21(19)24-17/h5,7,9,14H,3-4,6,8,10-12H2,1-2H3,(H,22,26)(H,23,24,27). The first kappa shape index (κ1) is 21.1. The highest BCUT2D eigenvalue weighted by atomic mass is 32.2. The van der Waals surface area contributed by atoms with E-state index in [0.29, 0.717) is 23.9 Å². The number of nitrogens with zero attached hydrogens (tertiary/aromatic N) is 2. The maximum absolute atomic E-state index is 12.6. The van der Waals surface area contributed by atoms with Gasteiger partial charge in [-0.25, -0.2) is 4.98 Å². The van der Waals surface area contributed by atoms with Crippen molar-refractivity contribution in [1.29, 1.82) is 0 Å². The number of carbonyl (C=O) groups excluding carboxylic acids is 1. The van der Waals surface area contributed by atoms with E-state index in [1.807, 2.05) is 31.1 Å². The highest BCUT2D eigenvalue weighted by Crippen LogP contribution is 2.33. The molecule has 1 atom stereocenters. The molecule has 0 spiro atoms. The second-order valence-corrected chi connectivity index (χ2v) is 9.76. The summed E-state index contributed by atoms with van der Waals surface area (Å²) in [5.74, 6) is 2.21. The number of hydrogen-bond donors (Lipinski definition) is 2. The highest BCUT2D eigenvalue weighted by Gasteiger charge is 2.20. The maximum atomic E-state index is 12.6. The second kappa shape index (κ2) is 9.36. The fourth-order valence-electron chi connectivity index (χ4n) is 3.80. The lowest BCUT2D eigenvalue weighted by Crippen LogP contribution is -2.35. The van der Waals surface area contributed by atoms with Crippen LogP contribution in [0.3, 0.4) is 0 Å². The smallest absolute Gasteiger partial charge is 0.259 e. The molecule has 160 valence electrons. The van der Waals surface area contributed by atoms with Crippen molar-refractivity contribution in [2.45, 2.75) is 37.5 Å². The largest absolute Gasteiger partial charge is 0.468 e. The zero-order valence-corrected chi connectivity index (χ0v) is 18.8. The number of thiophene rings is 1. The lowest BCUT2D eigenvalue weighted by molar-refractivity contribution is -0.118. The van der Waals surface area contributed by atoms with Crippen LogP contribution in [0.5, 0.6) is 0 Å².